The minimum absolute atomic E-state index is 0.0783. The van der Waals surface area contributed by atoms with E-state index in [1.807, 2.05) is 29.7 Å². The fraction of sp³-hybridized carbons (Fsp3) is 0.529. The molecule has 0 radical (unpaired) electrons. The van der Waals surface area contributed by atoms with E-state index in [1.54, 1.807) is 0 Å². The van der Waals surface area contributed by atoms with Crippen LogP contribution in [0.15, 0.2) is 18.6 Å². The predicted molar refractivity (Wildman–Crippen MR) is 93.6 cm³/mol. The zero-order valence-corrected chi connectivity index (χ0v) is 15.1. The van der Waals surface area contributed by atoms with Gasteiger partial charge in [-0.15, -0.1) is 0 Å². The summed E-state index contributed by atoms with van der Waals surface area (Å²) in [6, 6.07) is 0. The molecule has 9 heteroatoms. The summed E-state index contributed by atoms with van der Waals surface area (Å²) in [6.07, 6.45) is 5.11. The van der Waals surface area contributed by atoms with Crippen LogP contribution in [0.2, 0.25) is 0 Å². The zero-order valence-electron chi connectivity index (χ0n) is 15.1. The van der Waals surface area contributed by atoms with Gasteiger partial charge in [-0.3, -0.25) is 19.1 Å². The van der Waals surface area contributed by atoms with Gasteiger partial charge in [0.05, 0.1) is 17.5 Å². The van der Waals surface area contributed by atoms with Gasteiger partial charge in [0, 0.05) is 70.7 Å². The van der Waals surface area contributed by atoms with Gasteiger partial charge in [-0.2, -0.15) is 10.2 Å². The lowest BCUT2D eigenvalue weighted by molar-refractivity contribution is -0.133. The van der Waals surface area contributed by atoms with Crippen LogP contribution in [0.5, 0.6) is 0 Å². The molecular weight excluding hydrogens is 336 g/mol. The van der Waals surface area contributed by atoms with Crippen molar-refractivity contribution < 1.29 is 14.7 Å². The Kier molecular flexibility index (Phi) is 5.36. The van der Waals surface area contributed by atoms with Gasteiger partial charge >= 0.3 is 5.97 Å². The predicted octanol–water partition coefficient (Wildman–Crippen LogP) is 0.358. The summed E-state index contributed by atoms with van der Waals surface area (Å²) in [7, 11) is 1.92. The van der Waals surface area contributed by atoms with E-state index in [1.165, 1.54) is 22.6 Å². The molecule has 2 aromatic rings. The average molecular weight is 360 g/mol. The van der Waals surface area contributed by atoms with E-state index in [-0.39, 0.29) is 11.5 Å². The second-order valence-corrected chi connectivity index (χ2v) is 6.62. The van der Waals surface area contributed by atoms with Crippen molar-refractivity contribution in [1.29, 1.82) is 0 Å². The third-order valence-corrected chi connectivity index (χ3v) is 4.67. The molecule has 26 heavy (non-hydrogen) atoms. The largest absolute Gasteiger partial charge is 0.478 e. The van der Waals surface area contributed by atoms with Gasteiger partial charge in [0.1, 0.15) is 0 Å². The molecule has 0 aliphatic carbocycles. The van der Waals surface area contributed by atoms with Gasteiger partial charge in [0.25, 0.3) is 0 Å². The van der Waals surface area contributed by atoms with Crippen molar-refractivity contribution >= 4 is 11.9 Å². The number of nitrogens with zero attached hydrogens (tertiary/aromatic N) is 6. The molecule has 0 bridgehead atoms. The van der Waals surface area contributed by atoms with Crippen LogP contribution in [0.4, 0.5) is 0 Å². The highest BCUT2D eigenvalue weighted by Gasteiger charge is 2.22. The molecule has 0 unspecified atom stereocenters. The quantitative estimate of drug-likeness (QED) is 0.799. The molecule has 0 spiro atoms. The summed E-state index contributed by atoms with van der Waals surface area (Å²) in [6.45, 7) is 6.35. The van der Waals surface area contributed by atoms with E-state index in [0.29, 0.717) is 26.1 Å². The fourth-order valence-corrected chi connectivity index (χ4v) is 3.16. The SMILES string of the molecule is Cc1nn(C)cc1CN1CCN(C(=O)CCn2cc(C(=O)O)cn2)CC1. The lowest BCUT2D eigenvalue weighted by atomic mass is 10.2. The number of carbonyl (C=O) groups is 2. The molecule has 1 aliphatic heterocycles. The molecule has 1 saturated heterocycles. The number of aromatic nitrogens is 4. The maximum Gasteiger partial charge on any atom is 0.338 e. The summed E-state index contributed by atoms with van der Waals surface area (Å²) in [5.41, 5.74) is 2.41. The first-order valence-electron chi connectivity index (χ1n) is 8.67. The van der Waals surface area contributed by atoms with Crippen LogP contribution in [0, 0.1) is 6.92 Å². The molecule has 3 rings (SSSR count). The smallest absolute Gasteiger partial charge is 0.338 e. The van der Waals surface area contributed by atoms with Crippen LogP contribution in [0.25, 0.3) is 0 Å². The number of aryl methyl sites for hydroxylation is 3. The number of hydrogen-bond donors (Lipinski definition) is 1. The Labute approximate surface area is 151 Å². The number of carbonyl (C=O) groups excluding carboxylic acids is 1. The molecule has 1 aliphatic rings. The fourth-order valence-electron chi connectivity index (χ4n) is 3.16. The normalized spacial score (nSPS) is 15.4. The zero-order chi connectivity index (χ0) is 18.7. The van der Waals surface area contributed by atoms with Gasteiger partial charge in [-0.1, -0.05) is 0 Å². The van der Waals surface area contributed by atoms with E-state index in [9.17, 15) is 9.59 Å². The highest BCUT2D eigenvalue weighted by Crippen LogP contribution is 2.12. The van der Waals surface area contributed by atoms with E-state index >= 15 is 0 Å². The first-order valence-corrected chi connectivity index (χ1v) is 8.67. The van der Waals surface area contributed by atoms with Crippen molar-refractivity contribution in [3.8, 4) is 0 Å². The Hall–Kier alpha value is -2.68. The highest BCUT2D eigenvalue weighted by atomic mass is 16.4. The van der Waals surface area contributed by atoms with Crippen molar-refractivity contribution in [2.45, 2.75) is 26.4 Å². The summed E-state index contributed by atoms with van der Waals surface area (Å²) >= 11 is 0. The van der Waals surface area contributed by atoms with Crippen LogP contribution in [-0.2, 0) is 24.9 Å². The van der Waals surface area contributed by atoms with Crippen molar-refractivity contribution in [3.05, 3.63) is 35.4 Å². The van der Waals surface area contributed by atoms with Gasteiger partial charge in [-0.05, 0) is 6.92 Å². The van der Waals surface area contributed by atoms with Crippen molar-refractivity contribution in [2.75, 3.05) is 26.2 Å². The number of amides is 1. The second kappa shape index (κ2) is 7.69. The summed E-state index contributed by atoms with van der Waals surface area (Å²) in [4.78, 5) is 27.4. The Balaban J connectivity index is 1.44. The molecule has 0 atom stereocenters. The van der Waals surface area contributed by atoms with Crippen molar-refractivity contribution in [3.63, 3.8) is 0 Å². The minimum Gasteiger partial charge on any atom is -0.478 e. The molecular formula is C17H24N6O3. The van der Waals surface area contributed by atoms with E-state index in [0.717, 1.165) is 25.3 Å². The molecule has 0 aromatic carbocycles. The molecule has 9 nitrogen and oxygen atoms in total. The number of carboxylic acids is 1. The third-order valence-electron chi connectivity index (χ3n) is 4.67. The Morgan fingerprint density at radius 3 is 2.50 bits per heavy atom. The van der Waals surface area contributed by atoms with Crippen molar-refractivity contribution in [1.82, 2.24) is 29.4 Å². The summed E-state index contributed by atoms with van der Waals surface area (Å²) in [5.74, 6) is -0.933. The number of hydrogen-bond acceptors (Lipinski definition) is 5. The summed E-state index contributed by atoms with van der Waals surface area (Å²) < 4.78 is 3.33. The molecule has 0 saturated carbocycles. The number of carboxylic acid groups (broad SMARTS) is 1. The van der Waals surface area contributed by atoms with Crippen LogP contribution in [0.3, 0.4) is 0 Å². The van der Waals surface area contributed by atoms with E-state index in [4.69, 9.17) is 5.11 Å². The second-order valence-electron chi connectivity index (χ2n) is 6.62. The van der Waals surface area contributed by atoms with Gasteiger partial charge in [0.2, 0.25) is 5.91 Å². The molecule has 1 N–H and O–H groups in total. The number of piperazine rings is 1. The van der Waals surface area contributed by atoms with Gasteiger partial charge in [-0.25, -0.2) is 4.79 Å². The Morgan fingerprint density at radius 1 is 1.19 bits per heavy atom. The lowest BCUT2D eigenvalue weighted by Crippen LogP contribution is -2.48. The van der Waals surface area contributed by atoms with Crippen LogP contribution in [-0.4, -0.2) is 72.5 Å². The molecule has 140 valence electrons. The van der Waals surface area contributed by atoms with Crippen LogP contribution in [0.1, 0.15) is 28.0 Å². The van der Waals surface area contributed by atoms with Crippen molar-refractivity contribution in [2.24, 2.45) is 7.05 Å². The minimum atomic E-state index is -1.01. The maximum atomic E-state index is 12.4. The van der Waals surface area contributed by atoms with Gasteiger partial charge < -0.3 is 10.0 Å². The monoisotopic (exact) mass is 360 g/mol. The standard InChI is InChI=1S/C17H24N6O3/c1-13-15(10-20(2)19-13)11-21-5-7-22(8-6-21)16(24)3-4-23-12-14(9-18-23)17(25)26/h9-10,12H,3-8,11H2,1-2H3,(H,25,26). The Morgan fingerprint density at radius 2 is 1.92 bits per heavy atom. The van der Waals surface area contributed by atoms with E-state index in [2.05, 4.69) is 15.1 Å². The van der Waals surface area contributed by atoms with Gasteiger partial charge in [0.15, 0.2) is 0 Å². The molecule has 1 amide bonds. The average Bonchev–Trinajstić information content (AvgIpc) is 3.20. The highest BCUT2D eigenvalue weighted by molar-refractivity contribution is 5.86. The molecule has 1 fully saturated rings. The van der Waals surface area contributed by atoms with Crippen LogP contribution < -0.4 is 0 Å². The lowest BCUT2D eigenvalue weighted by Gasteiger charge is -2.34. The summed E-state index contributed by atoms with van der Waals surface area (Å²) in [5, 5.41) is 17.2. The first-order chi connectivity index (χ1) is 12.4. The topological polar surface area (TPSA) is 96.5 Å². The molecule has 3 heterocycles. The van der Waals surface area contributed by atoms with Crippen LogP contribution >= 0.6 is 0 Å². The number of aromatic carboxylic acids is 1. The Bertz CT molecular complexity index is 788. The van der Waals surface area contributed by atoms with E-state index < -0.39 is 5.97 Å². The number of rotatable bonds is 6. The third kappa shape index (κ3) is 4.29. The first kappa shape index (κ1) is 18.1. The maximum absolute atomic E-state index is 12.4. The molecule has 2 aromatic heterocycles.